The highest BCUT2D eigenvalue weighted by Crippen LogP contribution is 2.38. The monoisotopic (exact) mass is 977 g/mol. The highest BCUT2D eigenvalue weighted by molar-refractivity contribution is 5.80. The quantitative estimate of drug-likeness (QED) is 0.167. The summed E-state index contributed by atoms with van der Waals surface area (Å²) in [6.45, 7) is 3.60. The Kier molecular flexibility index (Phi) is 25.1. The SMILES string of the molecule is C[C@H]1C[C@H](O)[C@@H](C)/C=C/C=C/C=C/C=C/C=C/C=C/C=C/C(O[C@@H]2OC[C@@H](O)[C@H](N)[C@@H]2O)C[C@@H]2OC(O)(CC(O)CC(O)C(O)CCC(O)CC(O)CC(=O)O1)C[C@H](O)C2C(=O)NCCC1CCC1. The van der Waals surface area contributed by atoms with E-state index in [0.29, 0.717) is 12.5 Å². The van der Waals surface area contributed by atoms with Crippen molar-refractivity contribution in [3.05, 3.63) is 85.1 Å². The summed E-state index contributed by atoms with van der Waals surface area (Å²) in [7, 11) is 0. The van der Waals surface area contributed by atoms with Crippen LogP contribution in [0.1, 0.15) is 97.3 Å². The van der Waals surface area contributed by atoms with Crippen LogP contribution >= 0.6 is 0 Å². The van der Waals surface area contributed by atoms with Crippen molar-refractivity contribution in [2.24, 2.45) is 23.5 Å². The van der Waals surface area contributed by atoms with Crippen LogP contribution in [-0.4, -0.2) is 167 Å². The second kappa shape index (κ2) is 29.8. The lowest BCUT2D eigenvalue weighted by molar-refractivity contribution is -0.304. The molecule has 1 amide bonds. The minimum Gasteiger partial charge on any atom is -0.462 e. The van der Waals surface area contributed by atoms with Gasteiger partial charge in [-0.15, -0.1) is 0 Å². The molecule has 69 heavy (non-hydrogen) atoms. The van der Waals surface area contributed by atoms with E-state index in [4.69, 9.17) is 24.7 Å². The van der Waals surface area contributed by atoms with Crippen LogP contribution in [0.3, 0.4) is 0 Å². The zero-order valence-corrected chi connectivity index (χ0v) is 40.0. The standard InChI is InChI=1S/C51H80N2O16/c1-32-16-13-11-9-7-5-3-4-6-8-10-12-14-19-38(68-50-48(63)47(52)43(61)31-66-50)28-44-46(49(64)53-23-22-34-17-15-18-34)42(60)30-51(65,69-44)29-37(56)26-41(59)39(57)21-20-35(54)25-36(55)27-45(62)67-33(2)24-40(32)58/h3-14,16,19,32-44,46-48,50,54-61,63,65H,15,17-18,20-31,52H2,1-2H3,(H,53,64)/b4-3+,7-5+,8-6+,11-9+,12-10+,16-13+,19-14+/t32-,33-,35?,36?,37?,38?,39?,40-,41?,42-,43+,44-,46?,47-,48-,50-,51?/m0/s1. The topological polar surface area (TPSA) is 311 Å². The smallest absolute Gasteiger partial charge is 0.308 e. The van der Waals surface area contributed by atoms with E-state index in [2.05, 4.69) is 5.32 Å². The molecule has 390 valence electrons. The summed E-state index contributed by atoms with van der Waals surface area (Å²) in [6.07, 6.45) is 10.5. The third kappa shape index (κ3) is 20.7. The number of allylic oxidation sites excluding steroid dienone is 12. The first-order valence-corrected chi connectivity index (χ1v) is 24.5. The zero-order valence-electron chi connectivity index (χ0n) is 40.0. The molecule has 17 atom stereocenters. The summed E-state index contributed by atoms with van der Waals surface area (Å²) in [5.41, 5.74) is 6.03. The molecule has 4 aliphatic rings. The number of aliphatic hydroxyl groups excluding tert-OH is 9. The number of nitrogens with one attached hydrogen (secondary N) is 1. The van der Waals surface area contributed by atoms with Gasteiger partial charge in [-0.2, -0.15) is 0 Å². The van der Waals surface area contributed by atoms with E-state index >= 15 is 0 Å². The molecule has 0 radical (unpaired) electrons. The van der Waals surface area contributed by atoms with Gasteiger partial charge in [0.25, 0.3) is 0 Å². The number of nitrogens with two attached hydrogens (primary N) is 1. The largest absolute Gasteiger partial charge is 0.462 e. The van der Waals surface area contributed by atoms with E-state index in [1.807, 2.05) is 49.5 Å². The molecule has 0 spiro atoms. The predicted octanol–water partition coefficient (Wildman–Crippen LogP) is 1.30. The van der Waals surface area contributed by atoms with Crippen LogP contribution in [0.25, 0.3) is 0 Å². The molecule has 3 fully saturated rings. The normalized spacial score (nSPS) is 42.6. The summed E-state index contributed by atoms with van der Waals surface area (Å²) < 4.78 is 23.4. The number of amides is 1. The first kappa shape index (κ1) is 58.1. The summed E-state index contributed by atoms with van der Waals surface area (Å²) >= 11 is 0. The van der Waals surface area contributed by atoms with Crippen LogP contribution in [0.5, 0.6) is 0 Å². The zero-order chi connectivity index (χ0) is 50.5. The number of rotatable bonds is 6. The fourth-order valence-electron chi connectivity index (χ4n) is 8.81. The average Bonchev–Trinajstić information content (AvgIpc) is 3.25. The van der Waals surface area contributed by atoms with E-state index in [1.54, 1.807) is 49.5 Å². The molecule has 2 saturated heterocycles. The first-order chi connectivity index (χ1) is 32.8. The molecule has 1 saturated carbocycles. The third-order valence-corrected chi connectivity index (χ3v) is 13.1. The number of carbonyl (C=O) groups excluding carboxylic acids is 2. The molecule has 0 aromatic carbocycles. The van der Waals surface area contributed by atoms with Crippen LogP contribution in [-0.2, 0) is 28.5 Å². The summed E-state index contributed by atoms with van der Waals surface area (Å²) in [6, 6.07) is -1.09. The second-order valence-electron chi connectivity index (χ2n) is 19.2. The molecule has 18 heteroatoms. The molecule has 3 heterocycles. The maximum Gasteiger partial charge on any atom is 0.308 e. The van der Waals surface area contributed by atoms with Crippen molar-refractivity contribution in [2.45, 2.75) is 189 Å². The van der Waals surface area contributed by atoms with Crippen LogP contribution in [0.2, 0.25) is 0 Å². The molecule has 3 aliphatic heterocycles. The van der Waals surface area contributed by atoms with Crippen molar-refractivity contribution in [3.8, 4) is 0 Å². The van der Waals surface area contributed by atoms with Gasteiger partial charge >= 0.3 is 5.97 Å². The minimum atomic E-state index is -2.24. The molecule has 8 unspecified atom stereocenters. The van der Waals surface area contributed by atoms with Gasteiger partial charge in [0, 0.05) is 44.6 Å². The Hall–Kier alpha value is -3.44. The molecule has 4 rings (SSSR count). The molecule has 13 N–H and O–H groups in total. The number of carbonyl (C=O) groups is 2. The molecule has 2 bridgehead atoms. The maximum absolute atomic E-state index is 13.8. The number of aliphatic hydroxyl groups is 10. The molecule has 0 aromatic heterocycles. The van der Waals surface area contributed by atoms with Gasteiger partial charge in [-0.25, -0.2) is 0 Å². The fourth-order valence-corrected chi connectivity index (χ4v) is 8.81. The highest BCUT2D eigenvalue weighted by atomic mass is 16.7. The fraction of sp³-hybridized carbons (Fsp3) is 0.686. The summed E-state index contributed by atoms with van der Waals surface area (Å²) in [4.78, 5) is 26.4. The van der Waals surface area contributed by atoms with Crippen LogP contribution in [0, 0.1) is 17.8 Å². The Morgan fingerprint density at radius 3 is 1.96 bits per heavy atom. The molecular formula is C51H80N2O16. The van der Waals surface area contributed by atoms with Crippen molar-refractivity contribution in [3.63, 3.8) is 0 Å². The Balaban J connectivity index is 1.56. The lowest BCUT2D eigenvalue weighted by Crippen LogP contribution is -2.59. The van der Waals surface area contributed by atoms with Crippen LogP contribution in [0.4, 0.5) is 0 Å². The predicted molar refractivity (Wildman–Crippen MR) is 255 cm³/mol. The van der Waals surface area contributed by atoms with E-state index in [0.717, 1.165) is 25.7 Å². The van der Waals surface area contributed by atoms with Crippen LogP contribution in [0.15, 0.2) is 85.1 Å². The van der Waals surface area contributed by atoms with Gasteiger partial charge in [0.15, 0.2) is 12.1 Å². The number of ether oxygens (including phenoxy) is 4. The van der Waals surface area contributed by atoms with E-state index < -0.39 is 135 Å². The van der Waals surface area contributed by atoms with Gasteiger partial charge in [-0.3, -0.25) is 9.59 Å². The van der Waals surface area contributed by atoms with Gasteiger partial charge in [-0.05, 0) is 38.5 Å². The van der Waals surface area contributed by atoms with Gasteiger partial charge < -0.3 is 81.1 Å². The number of hydrogen-bond acceptors (Lipinski definition) is 17. The Morgan fingerprint density at radius 1 is 0.710 bits per heavy atom. The number of hydrogen-bond donors (Lipinski definition) is 12. The van der Waals surface area contributed by atoms with E-state index in [9.17, 15) is 60.7 Å². The van der Waals surface area contributed by atoms with Crippen molar-refractivity contribution in [2.75, 3.05) is 13.2 Å². The minimum absolute atomic E-state index is 0.0817. The third-order valence-electron chi connectivity index (χ3n) is 13.1. The maximum atomic E-state index is 13.8. The summed E-state index contributed by atoms with van der Waals surface area (Å²) in [5.74, 6) is -4.45. The lowest BCUT2D eigenvalue weighted by Gasteiger charge is -2.45. The van der Waals surface area contributed by atoms with Gasteiger partial charge in [0.2, 0.25) is 5.91 Å². The molecular weight excluding hydrogens is 897 g/mol. The average molecular weight is 977 g/mol. The number of fused-ring (bicyclic) bond motifs is 2. The van der Waals surface area contributed by atoms with Crippen molar-refractivity contribution in [1.82, 2.24) is 5.32 Å². The van der Waals surface area contributed by atoms with Crippen molar-refractivity contribution < 1.29 is 79.6 Å². The number of esters is 1. The first-order valence-electron chi connectivity index (χ1n) is 24.5. The highest BCUT2D eigenvalue weighted by Gasteiger charge is 2.50. The van der Waals surface area contributed by atoms with Gasteiger partial charge in [0.05, 0.1) is 86.0 Å². The molecule has 1 aliphatic carbocycles. The van der Waals surface area contributed by atoms with Gasteiger partial charge in [0.1, 0.15) is 12.2 Å². The Labute approximate surface area is 406 Å². The Bertz CT molecular complexity index is 1750. The summed E-state index contributed by atoms with van der Waals surface area (Å²) in [5, 5.41) is 112. The van der Waals surface area contributed by atoms with E-state index in [1.165, 1.54) is 0 Å². The number of cyclic esters (lactones) is 1. The Morgan fingerprint density at radius 2 is 1.33 bits per heavy atom. The molecule has 18 nitrogen and oxygen atoms in total. The molecule has 0 aromatic rings. The second-order valence-corrected chi connectivity index (χ2v) is 19.2. The van der Waals surface area contributed by atoms with E-state index in [-0.39, 0.29) is 44.6 Å². The van der Waals surface area contributed by atoms with Crippen molar-refractivity contribution >= 4 is 11.9 Å². The lowest BCUT2D eigenvalue weighted by atomic mass is 9.81. The van der Waals surface area contributed by atoms with Gasteiger partial charge in [-0.1, -0.05) is 111 Å². The van der Waals surface area contributed by atoms with Crippen molar-refractivity contribution in [1.29, 1.82) is 0 Å². The van der Waals surface area contributed by atoms with Crippen LogP contribution < -0.4 is 11.1 Å².